The molecule has 0 saturated carbocycles. The van der Waals surface area contributed by atoms with Crippen LogP contribution in [0.3, 0.4) is 0 Å². The monoisotopic (exact) mass is 548 g/mol. The minimum atomic E-state index is -0.280. The van der Waals surface area contributed by atoms with Gasteiger partial charge in [0.25, 0.3) is 11.5 Å². The van der Waals surface area contributed by atoms with Gasteiger partial charge in [0.15, 0.2) is 18.1 Å². The standard InChI is InChI=1S/C27H25BrN4O4/c1-4-35-25-13-19(7-12-24(25)36-16-26(33)31-21-9-5-17(2)6-10-21)15-29-32-18(3)30-23-11-8-20(28)14-22(23)27(32)34/h5-15H,4,16H2,1-3H3,(H,31,33). The van der Waals surface area contributed by atoms with Crippen LogP contribution in [0.15, 0.2) is 75.0 Å². The number of anilines is 1. The molecule has 0 atom stereocenters. The largest absolute Gasteiger partial charge is 0.490 e. The molecule has 4 aromatic rings. The minimum Gasteiger partial charge on any atom is -0.490 e. The predicted molar refractivity (Wildman–Crippen MR) is 144 cm³/mol. The first-order valence-electron chi connectivity index (χ1n) is 11.3. The van der Waals surface area contributed by atoms with E-state index >= 15 is 0 Å². The Hall–Kier alpha value is -3.98. The van der Waals surface area contributed by atoms with E-state index in [1.54, 1.807) is 43.5 Å². The smallest absolute Gasteiger partial charge is 0.282 e. The predicted octanol–water partition coefficient (Wildman–Crippen LogP) is 5.07. The van der Waals surface area contributed by atoms with Crippen LogP contribution in [-0.4, -0.2) is 35.0 Å². The first kappa shape index (κ1) is 25.1. The molecule has 0 bridgehead atoms. The van der Waals surface area contributed by atoms with Crippen LogP contribution in [0, 0.1) is 13.8 Å². The van der Waals surface area contributed by atoms with Crippen molar-refractivity contribution in [2.24, 2.45) is 5.10 Å². The molecule has 9 heteroatoms. The average Bonchev–Trinajstić information content (AvgIpc) is 2.85. The number of rotatable bonds is 8. The number of ether oxygens (including phenoxy) is 2. The molecule has 8 nitrogen and oxygen atoms in total. The number of hydrogen-bond acceptors (Lipinski definition) is 6. The number of benzene rings is 3. The van der Waals surface area contributed by atoms with Gasteiger partial charge in [-0.25, -0.2) is 4.98 Å². The molecule has 0 aliphatic carbocycles. The Morgan fingerprint density at radius 2 is 1.83 bits per heavy atom. The van der Waals surface area contributed by atoms with Crippen LogP contribution in [0.5, 0.6) is 11.5 Å². The number of amides is 1. The lowest BCUT2D eigenvalue weighted by Crippen LogP contribution is -2.20. The summed E-state index contributed by atoms with van der Waals surface area (Å²) in [7, 11) is 0. The molecule has 0 unspecified atom stereocenters. The molecule has 3 aromatic carbocycles. The second-order valence-electron chi connectivity index (χ2n) is 8.02. The highest BCUT2D eigenvalue weighted by molar-refractivity contribution is 9.10. The summed E-state index contributed by atoms with van der Waals surface area (Å²) in [4.78, 5) is 29.7. The fourth-order valence-corrected chi connectivity index (χ4v) is 3.85. The van der Waals surface area contributed by atoms with Gasteiger partial charge in [-0.3, -0.25) is 9.59 Å². The number of halogens is 1. The summed E-state index contributed by atoms with van der Waals surface area (Å²) in [5.74, 6) is 1.08. The third-order valence-electron chi connectivity index (χ3n) is 5.25. The zero-order valence-electron chi connectivity index (χ0n) is 20.1. The van der Waals surface area contributed by atoms with Crippen molar-refractivity contribution in [1.82, 2.24) is 9.66 Å². The van der Waals surface area contributed by atoms with E-state index in [1.807, 2.05) is 44.2 Å². The average molecular weight is 549 g/mol. The second kappa shape index (κ2) is 11.2. The molecule has 1 heterocycles. The van der Waals surface area contributed by atoms with Gasteiger partial charge in [0, 0.05) is 10.2 Å². The van der Waals surface area contributed by atoms with E-state index in [0.29, 0.717) is 46.1 Å². The van der Waals surface area contributed by atoms with E-state index in [2.05, 4.69) is 31.3 Å². The van der Waals surface area contributed by atoms with E-state index in [4.69, 9.17) is 9.47 Å². The molecule has 1 aromatic heterocycles. The molecule has 184 valence electrons. The number of nitrogens with one attached hydrogen (secondary N) is 1. The van der Waals surface area contributed by atoms with Crippen LogP contribution in [0.1, 0.15) is 23.9 Å². The Morgan fingerprint density at radius 3 is 2.58 bits per heavy atom. The third-order valence-corrected chi connectivity index (χ3v) is 5.75. The molecule has 0 saturated heterocycles. The first-order valence-corrected chi connectivity index (χ1v) is 12.1. The van der Waals surface area contributed by atoms with Gasteiger partial charge < -0.3 is 14.8 Å². The number of fused-ring (bicyclic) bond motifs is 1. The van der Waals surface area contributed by atoms with Crippen LogP contribution in [0.25, 0.3) is 10.9 Å². The number of aryl methyl sites for hydroxylation is 2. The number of hydrogen-bond donors (Lipinski definition) is 1. The van der Waals surface area contributed by atoms with Crippen molar-refractivity contribution >= 4 is 44.6 Å². The van der Waals surface area contributed by atoms with E-state index in [-0.39, 0.29) is 18.1 Å². The maximum absolute atomic E-state index is 12.9. The normalized spacial score (nSPS) is 11.1. The SMILES string of the molecule is CCOc1cc(C=Nn2c(C)nc3ccc(Br)cc3c2=O)ccc1OCC(=O)Nc1ccc(C)cc1. The van der Waals surface area contributed by atoms with E-state index in [9.17, 15) is 9.59 Å². The number of aromatic nitrogens is 2. The maximum Gasteiger partial charge on any atom is 0.282 e. The third kappa shape index (κ3) is 5.98. The van der Waals surface area contributed by atoms with Gasteiger partial charge in [-0.15, -0.1) is 0 Å². The molecule has 0 fully saturated rings. The fraction of sp³-hybridized carbons (Fsp3) is 0.185. The van der Waals surface area contributed by atoms with Gasteiger partial charge in [0.05, 0.1) is 23.7 Å². The van der Waals surface area contributed by atoms with Gasteiger partial charge in [-0.1, -0.05) is 33.6 Å². The van der Waals surface area contributed by atoms with E-state index in [1.165, 1.54) is 4.68 Å². The van der Waals surface area contributed by atoms with Crippen molar-refractivity contribution in [3.05, 3.63) is 92.4 Å². The summed E-state index contributed by atoms with van der Waals surface area (Å²) < 4.78 is 13.5. The Labute approximate surface area is 216 Å². The van der Waals surface area contributed by atoms with Crippen molar-refractivity contribution in [2.45, 2.75) is 20.8 Å². The lowest BCUT2D eigenvalue weighted by molar-refractivity contribution is -0.118. The van der Waals surface area contributed by atoms with Crippen LogP contribution in [0.4, 0.5) is 5.69 Å². The molecular formula is C27H25BrN4O4. The Bertz CT molecular complexity index is 1500. The maximum atomic E-state index is 12.9. The molecule has 1 amide bonds. The summed E-state index contributed by atoms with van der Waals surface area (Å²) in [6, 6.07) is 18.1. The van der Waals surface area contributed by atoms with Crippen molar-refractivity contribution in [1.29, 1.82) is 0 Å². The van der Waals surface area contributed by atoms with Gasteiger partial charge in [0.2, 0.25) is 0 Å². The summed E-state index contributed by atoms with van der Waals surface area (Å²) >= 11 is 3.39. The molecule has 0 radical (unpaired) electrons. The van der Waals surface area contributed by atoms with Crippen LogP contribution < -0.4 is 20.3 Å². The zero-order chi connectivity index (χ0) is 25.7. The number of nitrogens with zero attached hydrogens (tertiary/aromatic N) is 3. The summed E-state index contributed by atoms with van der Waals surface area (Å²) in [6.07, 6.45) is 1.55. The molecule has 0 aliphatic rings. The van der Waals surface area contributed by atoms with Crippen molar-refractivity contribution in [3.8, 4) is 11.5 Å². The van der Waals surface area contributed by atoms with Gasteiger partial charge in [0.1, 0.15) is 5.82 Å². The van der Waals surface area contributed by atoms with Gasteiger partial charge in [-0.05, 0) is 74.9 Å². The lowest BCUT2D eigenvalue weighted by atomic mass is 10.2. The van der Waals surface area contributed by atoms with Crippen LogP contribution in [-0.2, 0) is 4.79 Å². The van der Waals surface area contributed by atoms with Crippen molar-refractivity contribution < 1.29 is 14.3 Å². The molecule has 1 N–H and O–H groups in total. The Morgan fingerprint density at radius 1 is 1.06 bits per heavy atom. The second-order valence-corrected chi connectivity index (χ2v) is 8.94. The first-order chi connectivity index (χ1) is 17.3. The van der Waals surface area contributed by atoms with Crippen LogP contribution in [0.2, 0.25) is 0 Å². The molecule has 0 aliphatic heterocycles. The Balaban J connectivity index is 1.51. The fourth-order valence-electron chi connectivity index (χ4n) is 3.49. The highest BCUT2D eigenvalue weighted by Crippen LogP contribution is 2.28. The number of carbonyl (C=O) groups is 1. The number of carbonyl (C=O) groups excluding carboxylic acids is 1. The lowest BCUT2D eigenvalue weighted by Gasteiger charge is -2.13. The minimum absolute atomic E-state index is 0.172. The highest BCUT2D eigenvalue weighted by Gasteiger charge is 2.11. The highest BCUT2D eigenvalue weighted by atomic mass is 79.9. The summed E-state index contributed by atoms with van der Waals surface area (Å²) in [6.45, 7) is 5.80. The molecule has 4 rings (SSSR count). The summed E-state index contributed by atoms with van der Waals surface area (Å²) in [5.41, 5.74) is 2.85. The van der Waals surface area contributed by atoms with Gasteiger partial charge in [-0.2, -0.15) is 9.78 Å². The molecule has 0 spiro atoms. The van der Waals surface area contributed by atoms with Gasteiger partial charge >= 0.3 is 0 Å². The molecular weight excluding hydrogens is 524 g/mol. The Kier molecular flexibility index (Phi) is 7.80. The topological polar surface area (TPSA) is 94.8 Å². The summed E-state index contributed by atoms with van der Waals surface area (Å²) in [5, 5.41) is 7.62. The van der Waals surface area contributed by atoms with E-state index in [0.717, 1.165) is 10.0 Å². The zero-order valence-corrected chi connectivity index (χ0v) is 21.7. The molecule has 36 heavy (non-hydrogen) atoms. The van der Waals surface area contributed by atoms with E-state index < -0.39 is 0 Å². The van der Waals surface area contributed by atoms with Crippen LogP contribution >= 0.6 is 15.9 Å². The quantitative estimate of drug-likeness (QED) is 0.310. The van der Waals surface area contributed by atoms with Crippen molar-refractivity contribution in [2.75, 3.05) is 18.5 Å². The van der Waals surface area contributed by atoms with Crippen molar-refractivity contribution in [3.63, 3.8) is 0 Å².